The average molecular weight is 259 g/mol. The molecule has 0 unspecified atom stereocenters. The van der Waals surface area contributed by atoms with Crippen LogP contribution in [-0.4, -0.2) is 6.54 Å². The molecule has 0 heterocycles. The summed E-state index contributed by atoms with van der Waals surface area (Å²) in [7, 11) is 0. The Kier molecular flexibility index (Phi) is 6.43. The molecule has 0 spiro atoms. The number of benzene rings is 1. The Morgan fingerprint density at radius 3 is 2.37 bits per heavy atom. The SMILES string of the molecule is CCCCC1CCC(CNCc2ccccc2)CC1. The van der Waals surface area contributed by atoms with Gasteiger partial charge in [0.05, 0.1) is 0 Å². The third-order valence-corrected chi connectivity index (χ3v) is 4.54. The summed E-state index contributed by atoms with van der Waals surface area (Å²) in [6.07, 6.45) is 10.1. The van der Waals surface area contributed by atoms with Crippen LogP contribution in [0, 0.1) is 11.8 Å². The van der Waals surface area contributed by atoms with Crippen LogP contribution < -0.4 is 5.32 Å². The molecule has 1 aromatic rings. The van der Waals surface area contributed by atoms with Crippen LogP contribution in [0.25, 0.3) is 0 Å². The number of hydrogen-bond acceptors (Lipinski definition) is 1. The van der Waals surface area contributed by atoms with Gasteiger partial charge in [0.1, 0.15) is 0 Å². The summed E-state index contributed by atoms with van der Waals surface area (Å²) in [4.78, 5) is 0. The van der Waals surface area contributed by atoms with Crippen LogP contribution in [0.15, 0.2) is 30.3 Å². The highest BCUT2D eigenvalue weighted by molar-refractivity contribution is 5.14. The van der Waals surface area contributed by atoms with Gasteiger partial charge in [-0.15, -0.1) is 0 Å². The Morgan fingerprint density at radius 1 is 1.00 bits per heavy atom. The van der Waals surface area contributed by atoms with Crippen LogP contribution in [0.5, 0.6) is 0 Å². The highest BCUT2D eigenvalue weighted by Crippen LogP contribution is 2.31. The van der Waals surface area contributed by atoms with Crippen molar-refractivity contribution in [1.29, 1.82) is 0 Å². The lowest BCUT2D eigenvalue weighted by Crippen LogP contribution is -2.26. The fourth-order valence-electron chi connectivity index (χ4n) is 3.23. The average Bonchev–Trinajstić information content (AvgIpc) is 2.47. The largest absolute Gasteiger partial charge is 0.312 e. The summed E-state index contributed by atoms with van der Waals surface area (Å²) in [5.41, 5.74) is 1.40. The van der Waals surface area contributed by atoms with Gasteiger partial charge in [-0.05, 0) is 36.8 Å². The molecule has 0 amide bonds. The third-order valence-electron chi connectivity index (χ3n) is 4.54. The normalized spacial score (nSPS) is 23.4. The molecule has 1 heteroatoms. The van der Waals surface area contributed by atoms with Gasteiger partial charge in [-0.25, -0.2) is 0 Å². The van der Waals surface area contributed by atoms with Gasteiger partial charge in [-0.3, -0.25) is 0 Å². The first-order valence-corrected chi connectivity index (χ1v) is 8.13. The van der Waals surface area contributed by atoms with Crippen LogP contribution in [0.4, 0.5) is 0 Å². The molecule has 1 aliphatic carbocycles. The maximum absolute atomic E-state index is 3.63. The molecule has 0 saturated heterocycles. The maximum Gasteiger partial charge on any atom is 0.0205 e. The molecule has 0 bridgehead atoms. The van der Waals surface area contributed by atoms with E-state index in [0.29, 0.717) is 0 Å². The fourth-order valence-corrected chi connectivity index (χ4v) is 3.23. The summed E-state index contributed by atoms with van der Waals surface area (Å²) in [5, 5.41) is 3.63. The number of nitrogens with one attached hydrogen (secondary N) is 1. The van der Waals surface area contributed by atoms with Crippen LogP contribution in [0.2, 0.25) is 0 Å². The second kappa shape index (κ2) is 8.37. The van der Waals surface area contributed by atoms with Crippen molar-refractivity contribution in [3.63, 3.8) is 0 Å². The monoisotopic (exact) mass is 259 g/mol. The summed E-state index contributed by atoms with van der Waals surface area (Å²) in [6.45, 7) is 4.53. The smallest absolute Gasteiger partial charge is 0.0205 e. The highest BCUT2D eigenvalue weighted by atomic mass is 14.9. The quantitative estimate of drug-likeness (QED) is 0.743. The summed E-state index contributed by atoms with van der Waals surface area (Å²) in [6, 6.07) is 10.7. The fraction of sp³-hybridized carbons (Fsp3) is 0.667. The van der Waals surface area contributed by atoms with Crippen LogP contribution in [0.3, 0.4) is 0 Å². The Balaban J connectivity index is 1.58. The molecular formula is C18H29N. The summed E-state index contributed by atoms with van der Waals surface area (Å²) in [5.74, 6) is 1.95. The molecule has 1 aliphatic rings. The molecule has 0 aromatic heterocycles. The van der Waals surface area contributed by atoms with Gasteiger partial charge in [0.2, 0.25) is 0 Å². The zero-order valence-corrected chi connectivity index (χ0v) is 12.4. The van der Waals surface area contributed by atoms with Crippen molar-refractivity contribution >= 4 is 0 Å². The van der Waals surface area contributed by atoms with E-state index in [9.17, 15) is 0 Å². The van der Waals surface area contributed by atoms with Gasteiger partial charge in [-0.2, -0.15) is 0 Å². The van der Waals surface area contributed by atoms with E-state index in [1.165, 1.54) is 57.1 Å². The first-order valence-electron chi connectivity index (χ1n) is 8.13. The van der Waals surface area contributed by atoms with E-state index in [4.69, 9.17) is 0 Å². The van der Waals surface area contributed by atoms with Gasteiger partial charge < -0.3 is 5.32 Å². The van der Waals surface area contributed by atoms with Crippen molar-refractivity contribution < 1.29 is 0 Å². The minimum absolute atomic E-state index is 0.918. The third kappa shape index (κ3) is 5.36. The summed E-state index contributed by atoms with van der Waals surface area (Å²) < 4.78 is 0. The van der Waals surface area contributed by atoms with E-state index in [1.54, 1.807) is 0 Å². The van der Waals surface area contributed by atoms with Gasteiger partial charge in [0.15, 0.2) is 0 Å². The molecule has 1 aromatic carbocycles. The zero-order chi connectivity index (χ0) is 13.3. The molecule has 0 aliphatic heterocycles. The predicted octanol–water partition coefficient (Wildman–Crippen LogP) is 4.77. The van der Waals surface area contributed by atoms with E-state index in [-0.39, 0.29) is 0 Å². The lowest BCUT2D eigenvalue weighted by Gasteiger charge is -2.28. The highest BCUT2D eigenvalue weighted by Gasteiger charge is 2.20. The van der Waals surface area contributed by atoms with Gasteiger partial charge in [0, 0.05) is 6.54 Å². The van der Waals surface area contributed by atoms with Crippen molar-refractivity contribution in [2.45, 2.75) is 58.4 Å². The van der Waals surface area contributed by atoms with Crippen molar-refractivity contribution in [3.8, 4) is 0 Å². The van der Waals surface area contributed by atoms with E-state index in [0.717, 1.165) is 18.4 Å². The Bertz CT molecular complexity index is 325. The molecule has 19 heavy (non-hydrogen) atoms. The molecule has 1 nitrogen and oxygen atoms in total. The number of unbranched alkanes of at least 4 members (excludes halogenated alkanes) is 1. The first kappa shape index (κ1) is 14.6. The lowest BCUT2D eigenvalue weighted by molar-refractivity contribution is 0.253. The van der Waals surface area contributed by atoms with Crippen molar-refractivity contribution in [3.05, 3.63) is 35.9 Å². The van der Waals surface area contributed by atoms with E-state index in [1.807, 2.05) is 0 Å². The maximum atomic E-state index is 3.63. The van der Waals surface area contributed by atoms with E-state index < -0.39 is 0 Å². The topological polar surface area (TPSA) is 12.0 Å². The number of rotatable bonds is 7. The lowest BCUT2D eigenvalue weighted by atomic mass is 9.80. The minimum Gasteiger partial charge on any atom is -0.312 e. The van der Waals surface area contributed by atoms with Crippen LogP contribution >= 0.6 is 0 Å². The zero-order valence-electron chi connectivity index (χ0n) is 12.4. The van der Waals surface area contributed by atoms with Gasteiger partial charge >= 0.3 is 0 Å². The molecule has 2 rings (SSSR count). The molecule has 1 fully saturated rings. The Hall–Kier alpha value is -0.820. The Labute approximate surface area is 118 Å². The standard InChI is InChI=1S/C18H29N/c1-2-3-7-16-10-12-18(13-11-16)15-19-14-17-8-5-4-6-9-17/h4-6,8-9,16,18-19H,2-3,7,10-15H2,1H3. The van der Waals surface area contributed by atoms with Gasteiger partial charge in [0.25, 0.3) is 0 Å². The second-order valence-corrected chi connectivity index (χ2v) is 6.15. The molecule has 0 atom stereocenters. The number of hydrogen-bond donors (Lipinski definition) is 1. The summed E-state index contributed by atoms with van der Waals surface area (Å²) >= 11 is 0. The van der Waals surface area contributed by atoms with Crippen LogP contribution in [-0.2, 0) is 6.54 Å². The first-order chi connectivity index (χ1) is 9.38. The van der Waals surface area contributed by atoms with Gasteiger partial charge in [-0.1, -0.05) is 69.4 Å². The van der Waals surface area contributed by atoms with Crippen LogP contribution in [0.1, 0.15) is 57.4 Å². The van der Waals surface area contributed by atoms with Crippen molar-refractivity contribution in [1.82, 2.24) is 5.32 Å². The minimum atomic E-state index is 0.918. The van der Waals surface area contributed by atoms with Crippen molar-refractivity contribution in [2.24, 2.45) is 11.8 Å². The Morgan fingerprint density at radius 2 is 1.68 bits per heavy atom. The molecule has 106 valence electrons. The van der Waals surface area contributed by atoms with E-state index in [2.05, 4.69) is 42.6 Å². The second-order valence-electron chi connectivity index (χ2n) is 6.15. The molecular weight excluding hydrogens is 230 g/mol. The predicted molar refractivity (Wildman–Crippen MR) is 83.1 cm³/mol. The van der Waals surface area contributed by atoms with E-state index >= 15 is 0 Å². The van der Waals surface area contributed by atoms with Crippen molar-refractivity contribution in [2.75, 3.05) is 6.54 Å². The molecule has 1 saturated carbocycles. The molecule has 1 N–H and O–H groups in total. The molecule has 0 radical (unpaired) electrons.